The molecular formula is C14H11FO4. The number of carboxylic acids is 1. The Labute approximate surface area is 108 Å². The van der Waals surface area contributed by atoms with Crippen molar-refractivity contribution < 1.29 is 23.5 Å². The van der Waals surface area contributed by atoms with E-state index in [0.29, 0.717) is 12.0 Å². The van der Waals surface area contributed by atoms with Gasteiger partial charge in [0.2, 0.25) is 5.76 Å². The van der Waals surface area contributed by atoms with E-state index in [1.807, 2.05) is 0 Å². The summed E-state index contributed by atoms with van der Waals surface area (Å²) in [5.41, 5.74) is 1.25. The van der Waals surface area contributed by atoms with Gasteiger partial charge in [0.15, 0.2) is 11.5 Å². The van der Waals surface area contributed by atoms with Gasteiger partial charge in [0, 0.05) is 18.9 Å². The highest BCUT2D eigenvalue weighted by Crippen LogP contribution is 2.20. The van der Waals surface area contributed by atoms with Crippen LogP contribution in [0.2, 0.25) is 0 Å². The molecule has 0 aliphatic carbocycles. The predicted octanol–water partition coefficient (Wildman–Crippen LogP) is 2.91. The van der Waals surface area contributed by atoms with Crippen molar-refractivity contribution in [2.24, 2.45) is 0 Å². The number of halogens is 1. The molecule has 0 aliphatic rings. The lowest BCUT2D eigenvalue weighted by atomic mass is 10.0. The van der Waals surface area contributed by atoms with E-state index in [1.54, 1.807) is 12.1 Å². The summed E-state index contributed by atoms with van der Waals surface area (Å²) in [6.07, 6.45) is 0.311. The average molecular weight is 262 g/mol. The lowest BCUT2D eigenvalue weighted by molar-refractivity contribution is 0.0660. The van der Waals surface area contributed by atoms with Crippen LogP contribution in [-0.2, 0) is 6.42 Å². The van der Waals surface area contributed by atoms with Crippen LogP contribution in [0.15, 0.2) is 34.7 Å². The summed E-state index contributed by atoms with van der Waals surface area (Å²) >= 11 is 0. The molecule has 2 rings (SSSR count). The fourth-order valence-corrected chi connectivity index (χ4v) is 1.79. The highest BCUT2D eigenvalue weighted by atomic mass is 19.1. The van der Waals surface area contributed by atoms with E-state index in [1.165, 1.54) is 25.1 Å². The highest BCUT2D eigenvalue weighted by Gasteiger charge is 2.18. The Hall–Kier alpha value is -2.43. The molecule has 0 aliphatic heterocycles. The molecule has 2 aromatic rings. The fourth-order valence-electron chi connectivity index (χ4n) is 1.79. The molecule has 0 spiro atoms. The Kier molecular flexibility index (Phi) is 3.46. The molecule has 0 fully saturated rings. The fraction of sp³-hybridized carbons (Fsp3) is 0.143. The second kappa shape index (κ2) is 5.06. The molecular weight excluding hydrogens is 251 g/mol. The molecule has 5 heteroatoms. The van der Waals surface area contributed by atoms with Crippen LogP contribution in [-0.4, -0.2) is 16.9 Å². The van der Waals surface area contributed by atoms with E-state index in [2.05, 4.69) is 0 Å². The van der Waals surface area contributed by atoms with Crippen molar-refractivity contribution in [3.63, 3.8) is 0 Å². The molecule has 1 aromatic carbocycles. The molecule has 0 saturated carbocycles. The molecule has 19 heavy (non-hydrogen) atoms. The van der Waals surface area contributed by atoms with E-state index < -0.39 is 5.97 Å². The van der Waals surface area contributed by atoms with Crippen LogP contribution in [0.1, 0.15) is 39.2 Å². The number of ketones is 1. The smallest absolute Gasteiger partial charge is 0.371 e. The maximum Gasteiger partial charge on any atom is 0.371 e. The number of aromatic carboxylic acids is 1. The van der Waals surface area contributed by atoms with Gasteiger partial charge < -0.3 is 9.52 Å². The van der Waals surface area contributed by atoms with Gasteiger partial charge in [-0.25, -0.2) is 9.18 Å². The maximum atomic E-state index is 12.8. The maximum absolute atomic E-state index is 12.8. The van der Waals surface area contributed by atoms with E-state index in [0.717, 1.165) is 5.56 Å². The van der Waals surface area contributed by atoms with Crippen molar-refractivity contribution in [2.75, 3.05) is 0 Å². The van der Waals surface area contributed by atoms with Crippen LogP contribution < -0.4 is 0 Å². The topological polar surface area (TPSA) is 67.5 Å². The van der Waals surface area contributed by atoms with Crippen molar-refractivity contribution in [1.29, 1.82) is 0 Å². The van der Waals surface area contributed by atoms with Crippen molar-refractivity contribution in [1.82, 2.24) is 0 Å². The molecule has 4 nitrogen and oxygen atoms in total. The zero-order chi connectivity index (χ0) is 14.0. The minimum Gasteiger partial charge on any atom is -0.475 e. The van der Waals surface area contributed by atoms with Gasteiger partial charge in [0.1, 0.15) is 5.82 Å². The third-order valence-electron chi connectivity index (χ3n) is 2.65. The summed E-state index contributed by atoms with van der Waals surface area (Å²) in [6, 6.07) is 7.09. The quantitative estimate of drug-likeness (QED) is 0.860. The van der Waals surface area contributed by atoms with Crippen molar-refractivity contribution in [3.05, 3.63) is 58.8 Å². The zero-order valence-electron chi connectivity index (χ0n) is 10.1. The molecule has 0 radical (unpaired) electrons. The Morgan fingerprint density at radius 3 is 2.42 bits per heavy atom. The Morgan fingerprint density at radius 2 is 1.89 bits per heavy atom. The summed E-state index contributed by atoms with van der Waals surface area (Å²) in [5.74, 6) is -2.17. The molecule has 1 heterocycles. The Morgan fingerprint density at radius 1 is 1.26 bits per heavy atom. The minimum atomic E-state index is -1.23. The standard InChI is InChI=1S/C14H11FO4/c1-8(16)13-10(7-12(19-13)14(17)18)6-9-2-4-11(15)5-3-9/h2-5,7H,6H2,1H3,(H,17,18). The van der Waals surface area contributed by atoms with Crippen molar-refractivity contribution in [2.45, 2.75) is 13.3 Å². The van der Waals surface area contributed by atoms with Gasteiger partial charge in [-0.15, -0.1) is 0 Å². The SMILES string of the molecule is CC(=O)c1oc(C(=O)O)cc1Cc1ccc(F)cc1. The Bertz CT molecular complexity index is 625. The second-order valence-electron chi connectivity index (χ2n) is 4.13. The summed E-state index contributed by atoms with van der Waals surface area (Å²) in [6.45, 7) is 1.30. The summed E-state index contributed by atoms with van der Waals surface area (Å²) in [4.78, 5) is 22.2. The van der Waals surface area contributed by atoms with Gasteiger partial charge in [-0.05, 0) is 23.8 Å². The lowest BCUT2D eigenvalue weighted by Gasteiger charge is -2.00. The number of carbonyl (C=O) groups is 2. The van der Waals surface area contributed by atoms with Gasteiger partial charge in [-0.1, -0.05) is 12.1 Å². The normalized spacial score (nSPS) is 10.4. The van der Waals surface area contributed by atoms with E-state index in [9.17, 15) is 14.0 Å². The number of carboxylic acid groups (broad SMARTS) is 1. The number of benzene rings is 1. The first-order valence-electron chi connectivity index (χ1n) is 5.58. The number of hydrogen-bond donors (Lipinski definition) is 1. The number of Topliss-reactive ketones (excluding diaryl/α,β-unsaturated/α-hetero) is 1. The van der Waals surface area contributed by atoms with Gasteiger partial charge in [0.25, 0.3) is 0 Å². The molecule has 98 valence electrons. The number of carbonyl (C=O) groups excluding carboxylic acids is 1. The summed E-state index contributed by atoms with van der Waals surface area (Å²) in [5, 5.41) is 8.85. The number of furan rings is 1. The van der Waals surface area contributed by atoms with Crippen LogP contribution in [0.3, 0.4) is 0 Å². The van der Waals surface area contributed by atoms with Crippen LogP contribution in [0.4, 0.5) is 4.39 Å². The van der Waals surface area contributed by atoms with Crippen LogP contribution >= 0.6 is 0 Å². The molecule has 0 amide bonds. The lowest BCUT2D eigenvalue weighted by Crippen LogP contribution is -1.96. The van der Waals surface area contributed by atoms with Crippen molar-refractivity contribution >= 4 is 11.8 Å². The first-order chi connectivity index (χ1) is 8.97. The largest absolute Gasteiger partial charge is 0.475 e. The zero-order valence-corrected chi connectivity index (χ0v) is 10.1. The molecule has 0 atom stereocenters. The van der Waals surface area contributed by atoms with E-state index >= 15 is 0 Å². The number of rotatable bonds is 4. The third-order valence-corrected chi connectivity index (χ3v) is 2.65. The van der Waals surface area contributed by atoms with Crippen LogP contribution in [0.5, 0.6) is 0 Å². The summed E-state index contributed by atoms with van der Waals surface area (Å²) < 4.78 is 17.8. The Balaban J connectivity index is 2.35. The summed E-state index contributed by atoms with van der Waals surface area (Å²) in [7, 11) is 0. The molecule has 0 unspecified atom stereocenters. The van der Waals surface area contributed by atoms with E-state index in [4.69, 9.17) is 9.52 Å². The number of hydrogen-bond acceptors (Lipinski definition) is 3. The molecule has 0 bridgehead atoms. The molecule has 1 aromatic heterocycles. The predicted molar refractivity (Wildman–Crippen MR) is 64.9 cm³/mol. The van der Waals surface area contributed by atoms with Gasteiger partial charge >= 0.3 is 5.97 Å². The monoisotopic (exact) mass is 262 g/mol. The van der Waals surface area contributed by atoms with Crippen LogP contribution in [0.25, 0.3) is 0 Å². The first kappa shape index (κ1) is 13.0. The van der Waals surface area contributed by atoms with Crippen molar-refractivity contribution in [3.8, 4) is 0 Å². The minimum absolute atomic E-state index is 0.0294. The third kappa shape index (κ3) is 2.88. The van der Waals surface area contributed by atoms with Crippen LogP contribution in [0, 0.1) is 5.82 Å². The second-order valence-corrected chi connectivity index (χ2v) is 4.13. The first-order valence-corrected chi connectivity index (χ1v) is 5.58. The van der Waals surface area contributed by atoms with Gasteiger partial charge in [-0.2, -0.15) is 0 Å². The average Bonchev–Trinajstić information content (AvgIpc) is 2.76. The highest BCUT2D eigenvalue weighted by molar-refractivity contribution is 5.95. The van der Waals surface area contributed by atoms with Gasteiger partial charge in [0.05, 0.1) is 0 Å². The van der Waals surface area contributed by atoms with E-state index in [-0.39, 0.29) is 23.1 Å². The van der Waals surface area contributed by atoms with Gasteiger partial charge in [-0.3, -0.25) is 4.79 Å². The molecule has 1 N–H and O–H groups in total. The molecule has 0 saturated heterocycles.